The molecule has 1 N–H and O–H groups in total. The van der Waals surface area contributed by atoms with Gasteiger partial charge in [-0.3, -0.25) is 0 Å². The smallest absolute Gasteiger partial charge is 0.240 e. The second kappa shape index (κ2) is 9.49. The van der Waals surface area contributed by atoms with Crippen LogP contribution in [0.25, 0.3) is 0 Å². The van der Waals surface area contributed by atoms with E-state index in [1.54, 1.807) is 13.0 Å². The molecular formula is C24H32NO5+. The number of carbonyl (C=O) groups excluding carboxylic acids is 3. The number of amides is 2. The first-order valence-electron chi connectivity index (χ1n) is 10.3. The molecule has 1 heterocycles. The minimum atomic E-state index is -1.90. The molecule has 1 aliphatic heterocycles. The zero-order valence-corrected chi connectivity index (χ0v) is 18.5. The number of rotatable bonds is 6. The van der Waals surface area contributed by atoms with Crippen LogP contribution in [0.1, 0.15) is 66.7 Å². The van der Waals surface area contributed by atoms with Crippen LogP contribution in [-0.4, -0.2) is 27.8 Å². The molecule has 0 spiro atoms. The molecule has 2 rings (SSSR count). The van der Waals surface area contributed by atoms with E-state index in [0.29, 0.717) is 5.57 Å². The van der Waals surface area contributed by atoms with E-state index in [1.165, 1.54) is 24.0 Å². The highest BCUT2D eigenvalue weighted by atomic mass is 17.0. The molecule has 0 bridgehead atoms. The predicted octanol–water partition coefficient (Wildman–Crippen LogP) is 5.03. The minimum absolute atomic E-state index is 0.142. The maximum Gasteiger partial charge on any atom is 0.397 e. The number of allylic oxidation sites excluding steroid dienone is 9. The summed E-state index contributed by atoms with van der Waals surface area (Å²) in [5.74, 6) is -2.63. The lowest BCUT2D eigenvalue weighted by atomic mass is 9.72. The van der Waals surface area contributed by atoms with Gasteiger partial charge in [-0.25, -0.2) is 19.2 Å². The van der Waals surface area contributed by atoms with Crippen molar-refractivity contribution in [3.05, 3.63) is 58.7 Å². The summed E-state index contributed by atoms with van der Waals surface area (Å²) in [6.45, 7) is 10.5. The molecule has 0 aromatic heterocycles. The summed E-state index contributed by atoms with van der Waals surface area (Å²) in [7, 11) is 0. The fourth-order valence-corrected chi connectivity index (χ4v) is 3.78. The minimum Gasteiger partial charge on any atom is -0.240 e. The summed E-state index contributed by atoms with van der Waals surface area (Å²) in [6, 6.07) is 0. The second-order valence-corrected chi connectivity index (χ2v) is 8.70. The molecule has 6 nitrogen and oxygen atoms in total. The molecule has 6 heteroatoms. The first-order chi connectivity index (χ1) is 14.0. The summed E-state index contributed by atoms with van der Waals surface area (Å²) in [5.41, 5.74) is 4.67. The van der Waals surface area contributed by atoms with E-state index in [1.807, 2.05) is 19.1 Å². The van der Waals surface area contributed by atoms with Gasteiger partial charge in [0.25, 0.3) is 0 Å². The van der Waals surface area contributed by atoms with Crippen molar-refractivity contribution >= 4 is 17.8 Å². The van der Waals surface area contributed by atoms with Gasteiger partial charge in [0, 0.05) is 6.08 Å². The van der Waals surface area contributed by atoms with Crippen LogP contribution in [0.4, 0.5) is 0 Å². The molecule has 1 fully saturated rings. The Hall–Kier alpha value is -2.57. The largest absolute Gasteiger partial charge is 0.397 e. The molecule has 2 aliphatic rings. The number of carbonyl (C=O) groups is 3. The maximum absolute atomic E-state index is 11.9. The normalized spacial score (nSPS) is 22.5. The monoisotopic (exact) mass is 414 g/mol. The molecule has 162 valence electrons. The standard InChI is InChI=1S/C24H32NO5/c1-17(11-12-20-19(3)10-7-15-24(20,4)5)8-6-9-18(2)16-23(28)30-25(29)21(26)13-14-22(25)27/h6,8-9,11-12,16,29H,7,10,13-15H2,1-5H3/q+1/b9-6?,12-11?,17-8?,18-16-. The Labute approximate surface area is 178 Å². The van der Waals surface area contributed by atoms with E-state index in [9.17, 15) is 19.6 Å². The molecule has 0 saturated carbocycles. The van der Waals surface area contributed by atoms with Crippen molar-refractivity contribution < 1.29 is 29.2 Å². The SMILES string of the molecule is CC(C=CC1=C(C)CCCC1(C)C)=CC=C/C(C)=C\C(=O)O[N+]1(O)C(=O)CCC1=O. The van der Waals surface area contributed by atoms with Gasteiger partial charge in [0.1, 0.15) is 4.81 Å². The summed E-state index contributed by atoms with van der Waals surface area (Å²) in [6.07, 6.45) is 14.2. The molecule has 1 saturated heterocycles. The quantitative estimate of drug-likeness (QED) is 0.217. The molecular weight excluding hydrogens is 382 g/mol. The Morgan fingerprint density at radius 1 is 1.07 bits per heavy atom. The van der Waals surface area contributed by atoms with E-state index >= 15 is 0 Å². The van der Waals surface area contributed by atoms with Gasteiger partial charge in [-0.15, -0.1) is 0 Å². The van der Waals surface area contributed by atoms with Crippen molar-refractivity contribution in [3.8, 4) is 0 Å². The first-order valence-corrected chi connectivity index (χ1v) is 10.3. The molecule has 2 amide bonds. The fraction of sp³-hybridized carbons (Fsp3) is 0.458. The van der Waals surface area contributed by atoms with Crippen molar-refractivity contribution in [3.63, 3.8) is 0 Å². The summed E-state index contributed by atoms with van der Waals surface area (Å²) < 4.78 is 0. The summed E-state index contributed by atoms with van der Waals surface area (Å²) >= 11 is 0. The summed E-state index contributed by atoms with van der Waals surface area (Å²) in [5, 5.41) is 9.91. The third-order valence-corrected chi connectivity index (χ3v) is 5.57. The maximum atomic E-state index is 11.9. The van der Waals surface area contributed by atoms with Crippen molar-refractivity contribution in [2.24, 2.45) is 5.41 Å². The molecule has 0 atom stereocenters. The van der Waals surface area contributed by atoms with E-state index in [4.69, 9.17) is 0 Å². The van der Waals surface area contributed by atoms with Gasteiger partial charge in [-0.2, -0.15) is 5.21 Å². The number of quaternary nitrogens is 1. The van der Waals surface area contributed by atoms with Gasteiger partial charge in [0.05, 0.1) is 12.8 Å². The van der Waals surface area contributed by atoms with Gasteiger partial charge in [-0.1, -0.05) is 55.4 Å². The van der Waals surface area contributed by atoms with E-state index < -0.39 is 22.6 Å². The van der Waals surface area contributed by atoms with Crippen molar-refractivity contribution in [1.82, 2.24) is 0 Å². The first kappa shape index (κ1) is 23.7. The number of hydrogen-bond donors (Lipinski definition) is 1. The zero-order valence-electron chi connectivity index (χ0n) is 18.5. The predicted molar refractivity (Wildman–Crippen MR) is 114 cm³/mol. The third kappa shape index (κ3) is 5.74. The fourth-order valence-electron chi connectivity index (χ4n) is 3.78. The Bertz CT molecular complexity index is 867. The lowest BCUT2D eigenvalue weighted by molar-refractivity contribution is -1.12. The van der Waals surface area contributed by atoms with Crippen molar-refractivity contribution in [2.75, 3.05) is 0 Å². The lowest BCUT2D eigenvalue weighted by Crippen LogP contribution is -2.50. The van der Waals surface area contributed by atoms with Gasteiger partial charge in [0.2, 0.25) is 0 Å². The Kier molecular flexibility index (Phi) is 7.50. The molecule has 1 aliphatic carbocycles. The van der Waals surface area contributed by atoms with Crippen LogP contribution in [0, 0.1) is 5.41 Å². The second-order valence-electron chi connectivity index (χ2n) is 8.70. The van der Waals surface area contributed by atoms with Gasteiger partial charge in [0.15, 0.2) is 0 Å². The highest BCUT2D eigenvalue weighted by Gasteiger charge is 2.55. The Morgan fingerprint density at radius 2 is 1.70 bits per heavy atom. The topological polar surface area (TPSA) is 80.7 Å². The Morgan fingerprint density at radius 3 is 2.30 bits per heavy atom. The van der Waals surface area contributed by atoms with Crippen molar-refractivity contribution in [2.45, 2.75) is 66.7 Å². The highest BCUT2D eigenvalue weighted by Crippen LogP contribution is 2.40. The van der Waals surface area contributed by atoms with Crippen LogP contribution in [0.3, 0.4) is 0 Å². The summed E-state index contributed by atoms with van der Waals surface area (Å²) in [4.78, 5) is 37.9. The lowest BCUT2D eigenvalue weighted by Gasteiger charge is -2.32. The van der Waals surface area contributed by atoms with Crippen molar-refractivity contribution in [1.29, 1.82) is 0 Å². The van der Waals surface area contributed by atoms with Crippen LogP contribution in [0.5, 0.6) is 0 Å². The van der Waals surface area contributed by atoms with Crippen LogP contribution in [0.15, 0.2) is 58.7 Å². The molecule has 0 aromatic carbocycles. The average molecular weight is 415 g/mol. The molecule has 0 radical (unpaired) electrons. The van der Waals surface area contributed by atoms with E-state index in [2.05, 4.69) is 37.8 Å². The van der Waals surface area contributed by atoms with Crippen LogP contribution < -0.4 is 0 Å². The molecule has 0 aromatic rings. The van der Waals surface area contributed by atoms with E-state index in [0.717, 1.165) is 18.1 Å². The van der Waals surface area contributed by atoms with Crippen LogP contribution in [-0.2, 0) is 19.2 Å². The number of hydroxylamine groups is 4. The average Bonchev–Trinajstić information content (AvgIpc) is 2.87. The highest BCUT2D eigenvalue weighted by molar-refractivity contribution is 5.92. The Balaban J connectivity index is 1.99. The molecule has 0 unspecified atom stereocenters. The third-order valence-electron chi connectivity index (χ3n) is 5.57. The van der Waals surface area contributed by atoms with E-state index in [-0.39, 0.29) is 18.3 Å². The number of imide groups is 1. The van der Waals surface area contributed by atoms with Gasteiger partial charge >= 0.3 is 17.8 Å². The van der Waals surface area contributed by atoms with Crippen LogP contribution in [0.2, 0.25) is 0 Å². The number of hydrogen-bond acceptors (Lipinski definition) is 5. The molecule has 30 heavy (non-hydrogen) atoms. The zero-order chi connectivity index (χ0) is 22.5. The van der Waals surface area contributed by atoms with Gasteiger partial charge < -0.3 is 0 Å². The van der Waals surface area contributed by atoms with Crippen LogP contribution >= 0.6 is 0 Å². The van der Waals surface area contributed by atoms with Gasteiger partial charge in [-0.05, 0) is 56.6 Å². The number of nitrogens with zero attached hydrogens (tertiary/aromatic N) is 1.